The van der Waals surface area contributed by atoms with Crippen LogP contribution < -0.4 is 5.73 Å². The van der Waals surface area contributed by atoms with Gasteiger partial charge < -0.3 is 10.5 Å². The van der Waals surface area contributed by atoms with E-state index in [4.69, 9.17) is 10.5 Å². The lowest BCUT2D eigenvalue weighted by atomic mass is 9.94. The summed E-state index contributed by atoms with van der Waals surface area (Å²) in [4.78, 5) is 4.14. The number of pyridine rings is 1. The van der Waals surface area contributed by atoms with Crippen molar-refractivity contribution in [1.82, 2.24) is 4.98 Å². The molecular formula is C12H17BrN2O. The van der Waals surface area contributed by atoms with Crippen molar-refractivity contribution in [3.63, 3.8) is 0 Å². The molecule has 2 N–H and O–H groups in total. The molecule has 0 radical (unpaired) electrons. The molecule has 1 saturated heterocycles. The highest BCUT2D eigenvalue weighted by Crippen LogP contribution is 2.23. The van der Waals surface area contributed by atoms with Gasteiger partial charge in [-0.2, -0.15) is 0 Å². The Balaban J connectivity index is 1.99. The second kappa shape index (κ2) is 5.25. The van der Waals surface area contributed by atoms with Crippen molar-refractivity contribution in [2.24, 2.45) is 11.7 Å². The van der Waals surface area contributed by atoms with Gasteiger partial charge in [0.1, 0.15) is 0 Å². The van der Waals surface area contributed by atoms with E-state index in [2.05, 4.69) is 33.9 Å². The summed E-state index contributed by atoms with van der Waals surface area (Å²) >= 11 is 3.41. The van der Waals surface area contributed by atoms with Gasteiger partial charge in [0.25, 0.3) is 0 Å². The van der Waals surface area contributed by atoms with Crippen molar-refractivity contribution in [1.29, 1.82) is 0 Å². The number of nitrogens with zero attached hydrogens (tertiary/aromatic N) is 1. The molecule has 0 aromatic carbocycles. The Bertz CT molecular complexity index is 359. The highest BCUT2D eigenvalue weighted by molar-refractivity contribution is 9.10. The highest BCUT2D eigenvalue weighted by Gasteiger charge is 2.29. The van der Waals surface area contributed by atoms with Crippen LogP contribution in [-0.2, 0) is 11.2 Å². The van der Waals surface area contributed by atoms with E-state index in [-0.39, 0.29) is 12.1 Å². The van der Waals surface area contributed by atoms with Crippen LogP contribution in [0.3, 0.4) is 0 Å². The molecule has 0 saturated carbocycles. The number of rotatable bonds is 3. The Morgan fingerprint density at radius 1 is 1.62 bits per heavy atom. The van der Waals surface area contributed by atoms with E-state index in [1.807, 2.05) is 6.20 Å². The van der Waals surface area contributed by atoms with Crippen LogP contribution in [-0.4, -0.2) is 23.7 Å². The Kier molecular flexibility index (Phi) is 3.95. The van der Waals surface area contributed by atoms with Crippen molar-refractivity contribution in [2.45, 2.75) is 31.9 Å². The fourth-order valence-corrected chi connectivity index (χ4v) is 2.63. The number of hydrogen-bond acceptors (Lipinski definition) is 3. The van der Waals surface area contributed by atoms with Crippen molar-refractivity contribution in [3.05, 3.63) is 28.5 Å². The first-order valence-corrected chi connectivity index (χ1v) is 6.42. The summed E-state index contributed by atoms with van der Waals surface area (Å²) in [6.45, 7) is 3.05. The zero-order chi connectivity index (χ0) is 11.5. The number of halogens is 1. The average molecular weight is 285 g/mol. The van der Waals surface area contributed by atoms with E-state index >= 15 is 0 Å². The molecule has 1 aromatic rings. The molecule has 0 aliphatic carbocycles. The van der Waals surface area contributed by atoms with Gasteiger partial charge in [-0.05, 0) is 46.3 Å². The Morgan fingerprint density at radius 3 is 3.06 bits per heavy atom. The van der Waals surface area contributed by atoms with Gasteiger partial charge >= 0.3 is 0 Å². The van der Waals surface area contributed by atoms with E-state index in [1.165, 1.54) is 0 Å². The fraction of sp³-hybridized carbons (Fsp3) is 0.583. The Labute approximate surface area is 105 Å². The topological polar surface area (TPSA) is 48.1 Å². The highest BCUT2D eigenvalue weighted by atomic mass is 79.9. The molecule has 0 amide bonds. The predicted octanol–water partition coefficient (Wildman–Crippen LogP) is 2.14. The molecule has 1 aromatic heterocycles. The minimum atomic E-state index is 0.0635. The first kappa shape index (κ1) is 12.0. The van der Waals surface area contributed by atoms with E-state index < -0.39 is 0 Å². The van der Waals surface area contributed by atoms with Crippen LogP contribution >= 0.6 is 15.9 Å². The molecule has 1 aliphatic rings. The van der Waals surface area contributed by atoms with Crippen molar-refractivity contribution < 1.29 is 4.74 Å². The molecule has 16 heavy (non-hydrogen) atoms. The number of ether oxygens (including phenoxy) is 1. The lowest BCUT2D eigenvalue weighted by Crippen LogP contribution is -2.39. The van der Waals surface area contributed by atoms with Crippen LogP contribution in [0.5, 0.6) is 0 Å². The largest absolute Gasteiger partial charge is 0.376 e. The second-order valence-electron chi connectivity index (χ2n) is 4.48. The molecule has 0 spiro atoms. The number of aromatic nitrogens is 1. The smallest absolute Gasteiger partial charge is 0.0755 e. The third-order valence-electron chi connectivity index (χ3n) is 3.10. The average Bonchev–Trinajstić information content (AvgIpc) is 2.64. The molecule has 3 nitrogen and oxygen atoms in total. The maximum atomic E-state index is 6.18. The fourth-order valence-electron chi connectivity index (χ4n) is 2.22. The standard InChI is InChI=1S/C12H17BrN2O/c1-8-2-3-16-12(8)11(14)5-9-4-10(13)7-15-6-9/h4,6-8,11-12H,2-3,5,14H2,1H3. The molecule has 1 fully saturated rings. The van der Waals surface area contributed by atoms with E-state index in [1.54, 1.807) is 6.20 Å². The summed E-state index contributed by atoms with van der Waals surface area (Å²) in [6.07, 6.45) is 5.78. The summed E-state index contributed by atoms with van der Waals surface area (Å²) in [7, 11) is 0. The van der Waals surface area contributed by atoms with Crippen molar-refractivity contribution in [2.75, 3.05) is 6.61 Å². The second-order valence-corrected chi connectivity index (χ2v) is 5.40. The van der Waals surface area contributed by atoms with Crippen LogP contribution in [0.15, 0.2) is 22.9 Å². The van der Waals surface area contributed by atoms with Crippen LogP contribution in [0.2, 0.25) is 0 Å². The lowest BCUT2D eigenvalue weighted by Gasteiger charge is -2.22. The first-order valence-electron chi connectivity index (χ1n) is 5.63. The lowest BCUT2D eigenvalue weighted by molar-refractivity contribution is 0.0726. The van der Waals surface area contributed by atoms with Gasteiger partial charge in [0.05, 0.1) is 6.10 Å². The van der Waals surface area contributed by atoms with E-state index in [0.717, 1.165) is 29.5 Å². The zero-order valence-electron chi connectivity index (χ0n) is 9.40. The summed E-state index contributed by atoms with van der Waals surface area (Å²) in [6, 6.07) is 2.13. The minimum absolute atomic E-state index is 0.0635. The summed E-state index contributed by atoms with van der Waals surface area (Å²) < 4.78 is 6.67. The van der Waals surface area contributed by atoms with Gasteiger partial charge in [0.2, 0.25) is 0 Å². The molecule has 0 bridgehead atoms. The van der Waals surface area contributed by atoms with Crippen LogP contribution in [0.1, 0.15) is 18.9 Å². The SMILES string of the molecule is CC1CCOC1C(N)Cc1cncc(Br)c1. The third-order valence-corrected chi connectivity index (χ3v) is 3.53. The molecule has 88 valence electrons. The third kappa shape index (κ3) is 2.81. The quantitative estimate of drug-likeness (QED) is 0.925. The van der Waals surface area contributed by atoms with Gasteiger partial charge in [0, 0.05) is 29.5 Å². The van der Waals surface area contributed by atoms with E-state index in [9.17, 15) is 0 Å². The van der Waals surface area contributed by atoms with Gasteiger partial charge in [-0.1, -0.05) is 6.92 Å². The monoisotopic (exact) mass is 284 g/mol. The molecular weight excluding hydrogens is 268 g/mol. The number of nitrogens with two attached hydrogens (primary N) is 1. The van der Waals surface area contributed by atoms with Crippen molar-refractivity contribution >= 4 is 15.9 Å². The van der Waals surface area contributed by atoms with E-state index in [0.29, 0.717) is 5.92 Å². The van der Waals surface area contributed by atoms with Gasteiger partial charge in [0.15, 0.2) is 0 Å². The van der Waals surface area contributed by atoms with Crippen LogP contribution in [0, 0.1) is 5.92 Å². The molecule has 3 atom stereocenters. The van der Waals surface area contributed by atoms with Gasteiger partial charge in [-0.3, -0.25) is 4.98 Å². The first-order chi connectivity index (χ1) is 7.66. The van der Waals surface area contributed by atoms with Crippen molar-refractivity contribution in [3.8, 4) is 0 Å². The maximum Gasteiger partial charge on any atom is 0.0755 e. The van der Waals surface area contributed by atoms with Crippen LogP contribution in [0.4, 0.5) is 0 Å². The Morgan fingerprint density at radius 2 is 2.44 bits per heavy atom. The predicted molar refractivity (Wildman–Crippen MR) is 67.1 cm³/mol. The summed E-state index contributed by atoms with van der Waals surface area (Å²) in [5.41, 5.74) is 7.34. The van der Waals surface area contributed by atoms with Crippen LogP contribution in [0.25, 0.3) is 0 Å². The van der Waals surface area contributed by atoms with Gasteiger partial charge in [-0.15, -0.1) is 0 Å². The minimum Gasteiger partial charge on any atom is -0.376 e. The zero-order valence-corrected chi connectivity index (χ0v) is 11.0. The molecule has 2 rings (SSSR count). The normalized spacial score (nSPS) is 26.9. The number of hydrogen-bond donors (Lipinski definition) is 1. The molecule has 1 aliphatic heterocycles. The Hall–Kier alpha value is -0.450. The maximum absolute atomic E-state index is 6.18. The molecule has 3 unspecified atom stereocenters. The van der Waals surface area contributed by atoms with Gasteiger partial charge in [-0.25, -0.2) is 0 Å². The summed E-state index contributed by atoms with van der Waals surface area (Å²) in [5, 5.41) is 0. The summed E-state index contributed by atoms with van der Waals surface area (Å²) in [5.74, 6) is 0.565. The molecule has 2 heterocycles. The molecule has 4 heteroatoms.